The molecule has 0 aliphatic carbocycles. The Kier molecular flexibility index (Phi) is 5.03. The maximum Gasteiger partial charge on any atom is 0.141 e. The molecule has 20 heavy (non-hydrogen) atoms. The van der Waals surface area contributed by atoms with Gasteiger partial charge in [-0.3, -0.25) is 20.9 Å². The minimum Gasteiger partial charge on any atom is -0.495 e. The number of hydrogen-bond donors (Lipinski definition) is 2. The van der Waals surface area contributed by atoms with Crippen molar-refractivity contribution >= 4 is 0 Å². The van der Waals surface area contributed by atoms with Crippen molar-refractivity contribution in [2.24, 2.45) is 5.84 Å². The van der Waals surface area contributed by atoms with E-state index < -0.39 is 0 Å². The van der Waals surface area contributed by atoms with Crippen LogP contribution < -0.4 is 16.0 Å². The summed E-state index contributed by atoms with van der Waals surface area (Å²) < 4.78 is 7.22. The fraction of sp³-hybridized carbons (Fsp3) is 0.462. The Bertz CT molecular complexity index is 541. The van der Waals surface area contributed by atoms with Crippen LogP contribution in [0.5, 0.6) is 5.75 Å². The molecule has 0 saturated heterocycles. The van der Waals surface area contributed by atoms with Gasteiger partial charge in [0, 0.05) is 24.7 Å². The maximum atomic E-state index is 5.69. The van der Waals surface area contributed by atoms with Crippen LogP contribution in [0.1, 0.15) is 30.8 Å². The number of aryl methyl sites for hydroxylation is 1. The fourth-order valence-electron chi connectivity index (χ4n) is 2.14. The zero-order valence-electron chi connectivity index (χ0n) is 11.8. The first-order chi connectivity index (χ1) is 9.80. The van der Waals surface area contributed by atoms with Crippen LogP contribution in [0.25, 0.3) is 0 Å². The predicted octanol–water partition coefficient (Wildman–Crippen LogP) is 0.839. The zero-order valence-corrected chi connectivity index (χ0v) is 11.8. The van der Waals surface area contributed by atoms with Gasteiger partial charge in [0.15, 0.2) is 0 Å². The molecule has 0 spiro atoms. The van der Waals surface area contributed by atoms with Crippen molar-refractivity contribution < 1.29 is 4.74 Å². The molecule has 0 aliphatic rings. The van der Waals surface area contributed by atoms with Crippen molar-refractivity contribution in [2.45, 2.75) is 32.4 Å². The van der Waals surface area contributed by atoms with Crippen molar-refractivity contribution in [1.82, 2.24) is 25.2 Å². The van der Waals surface area contributed by atoms with Crippen molar-refractivity contribution in [1.29, 1.82) is 0 Å². The molecule has 0 radical (unpaired) electrons. The lowest BCUT2D eigenvalue weighted by Crippen LogP contribution is -2.31. The lowest BCUT2D eigenvalue weighted by atomic mass is 10.0. The summed E-state index contributed by atoms with van der Waals surface area (Å²) in [6.45, 7) is 2.95. The van der Waals surface area contributed by atoms with Crippen molar-refractivity contribution in [2.75, 3.05) is 7.11 Å². The van der Waals surface area contributed by atoms with Gasteiger partial charge in [0.05, 0.1) is 19.3 Å². The molecule has 0 saturated carbocycles. The average molecular weight is 276 g/mol. The number of hydrogen-bond acceptors (Lipinski definition) is 6. The number of aromatic nitrogens is 4. The molecule has 0 amide bonds. The number of methoxy groups -OCH3 is 1. The molecular weight excluding hydrogens is 256 g/mol. The van der Waals surface area contributed by atoms with Crippen molar-refractivity contribution in [3.05, 3.63) is 36.2 Å². The molecule has 2 heterocycles. The normalized spacial score (nSPS) is 12.3. The van der Waals surface area contributed by atoms with E-state index in [9.17, 15) is 0 Å². The first-order valence-electron chi connectivity index (χ1n) is 6.60. The van der Waals surface area contributed by atoms with E-state index in [4.69, 9.17) is 10.6 Å². The monoisotopic (exact) mass is 276 g/mol. The molecule has 1 atom stereocenters. The molecule has 2 rings (SSSR count). The molecule has 7 nitrogen and oxygen atoms in total. The fourth-order valence-corrected chi connectivity index (χ4v) is 2.14. The second-order valence-electron chi connectivity index (χ2n) is 4.44. The third-order valence-electron chi connectivity index (χ3n) is 3.13. The zero-order chi connectivity index (χ0) is 14.4. The molecule has 2 aromatic rings. The molecular formula is C13H20N6O. The van der Waals surface area contributed by atoms with Gasteiger partial charge in [0.25, 0.3) is 0 Å². The number of hydrazine groups is 1. The Morgan fingerprint density at radius 3 is 3.05 bits per heavy atom. The highest BCUT2D eigenvalue weighted by molar-refractivity contribution is 5.33. The minimum atomic E-state index is -0.104. The highest BCUT2D eigenvalue weighted by Crippen LogP contribution is 2.25. The molecule has 0 bridgehead atoms. The lowest BCUT2D eigenvalue weighted by molar-refractivity contribution is 0.394. The van der Waals surface area contributed by atoms with Gasteiger partial charge in [0.1, 0.15) is 17.9 Å². The van der Waals surface area contributed by atoms with Crippen LogP contribution in [-0.4, -0.2) is 26.9 Å². The number of pyridine rings is 1. The van der Waals surface area contributed by atoms with Crippen LogP contribution in [-0.2, 0) is 13.0 Å². The first kappa shape index (κ1) is 14.4. The first-order valence-corrected chi connectivity index (χ1v) is 6.60. The SMILES string of the molecule is CCCn1ncnc1CC(NN)c1ccncc1OC. The van der Waals surface area contributed by atoms with E-state index in [-0.39, 0.29) is 6.04 Å². The van der Waals surface area contributed by atoms with E-state index in [1.807, 2.05) is 10.7 Å². The van der Waals surface area contributed by atoms with E-state index >= 15 is 0 Å². The summed E-state index contributed by atoms with van der Waals surface area (Å²) in [5.74, 6) is 7.29. The molecule has 0 aliphatic heterocycles. The summed E-state index contributed by atoms with van der Waals surface area (Å²) in [7, 11) is 1.62. The molecule has 0 fully saturated rings. The number of nitrogens with two attached hydrogens (primary N) is 1. The molecule has 3 N–H and O–H groups in total. The summed E-state index contributed by atoms with van der Waals surface area (Å²) in [5, 5.41) is 4.22. The Labute approximate surface area is 118 Å². The Morgan fingerprint density at radius 2 is 2.35 bits per heavy atom. The van der Waals surface area contributed by atoms with Crippen molar-refractivity contribution in [3.8, 4) is 5.75 Å². The van der Waals surface area contributed by atoms with Gasteiger partial charge in [0.2, 0.25) is 0 Å². The third kappa shape index (κ3) is 3.12. The summed E-state index contributed by atoms with van der Waals surface area (Å²) >= 11 is 0. The second-order valence-corrected chi connectivity index (χ2v) is 4.44. The van der Waals surface area contributed by atoms with Crippen molar-refractivity contribution in [3.63, 3.8) is 0 Å². The number of ether oxygens (including phenoxy) is 1. The van der Waals surface area contributed by atoms with Crippen LogP contribution in [0.2, 0.25) is 0 Å². The highest BCUT2D eigenvalue weighted by atomic mass is 16.5. The highest BCUT2D eigenvalue weighted by Gasteiger charge is 2.18. The Morgan fingerprint density at radius 1 is 1.50 bits per heavy atom. The topological polar surface area (TPSA) is 90.9 Å². The van der Waals surface area contributed by atoms with E-state index in [0.717, 1.165) is 24.4 Å². The Balaban J connectivity index is 2.22. The summed E-state index contributed by atoms with van der Waals surface area (Å²) in [6, 6.07) is 1.79. The van der Waals surface area contributed by atoms with Crippen LogP contribution in [0.3, 0.4) is 0 Å². The summed E-state index contributed by atoms with van der Waals surface area (Å²) in [4.78, 5) is 8.35. The summed E-state index contributed by atoms with van der Waals surface area (Å²) in [5.41, 5.74) is 3.77. The number of nitrogens with one attached hydrogen (secondary N) is 1. The van der Waals surface area contributed by atoms with Crippen LogP contribution in [0, 0.1) is 0 Å². The van der Waals surface area contributed by atoms with Gasteiger partial charge in [-0.2, -0.15) is 5.10 Å². The van der Waals surface area contributed by atoms with Crippen LogP contribution in [0.15, 0.2) is 24.8 Å². The molecule has 2 aromatic heterocycles. The molecule has 108 valence electrons. The standard InChI is InChI=1S/C13H20N6O/c1-3-6-19-13(16-9-17-19)7-11(18-14)10-4-5-15-8-12(10)20-2/h4-5,8-9,11,18H,3,6-7,14H2,1-2H3. The van der Waals surface area contributed by atoms with E-state index in [2.05, 4.69) is 27.4 Å². The number of rotatable bonds is 7. The lowest BCUT2D eigenvalue weighted by Gasteiger charge is -2.18. The third-order valence-corrected chi connectivity index (χ3v) is 3.13. The Hall–Kier alpha value is -1.99. The average Bonchev–Trinajstić information content (AvgIpc) is 2.92. The van der Waals surface area contributed by atoms with Crippen LogP contribution >= 0.6 is 0 Å². The van der Waals surface area contributed by atoms with Crippen LogP contribution in [0.4, 0.5) is 0 Å². The smallest absolute Gasteiger partial charge is 0.141 e. The summed E-state index contributed by atoms with van der Waals surface area (Å²) in [6.07, 6.45) is 6.62. The molecule has 7 heteroatoms. The molecule has 1 unspecified atom stereocenters. The van der Waals surface area contributed by atoms with Gasteiger partial charge < -0.3 is 4.74 Å². The second kappa shape index (κ2) is 6.97. The number of nitrogens with zero attached hydrogens (tertiary/aromatic N) is 4. The largest absolute Gasteiger partial charge is 0.495 e. The van der Waals surface area contributed by atoms with Gasteiger partial charge in [-0.15, -0.1) is 0 Å². The van der Waals surface area contributed by atoms with Gasteiger partial charge in [-0.25, -0.2) is 4.98 Å². The predicted molar refractivity (Wildman–Crippen MR) is 74.9 cm³/mol. The van der Waals surface area contributed by atoms with Gasteiger partial charge >= 0.3 is 0 Å². The van der Waals surface area contributed by atoms with E-state index in [1.54, 1.807) is 25.8 Å². The maximum absolute atomic E-state index is 5.69. The van der Waals surface area contributed by atoms with Gasteiger partial charge in [-0.05, 0) is 12.5 Å². The van der Waals surface area contributed by atoms with E-state index in [1.165, 1.54) is 0 Å². The van der Waals surface area contributed by atoms with E-state index in [0.29, 0.717) is 12.2 Å². The quantitative estimate of drug-likeness (QED) is 0.575. The van der Waals surface area contributed by atoms with Gasteiger partial charge in [-0.1, -0.05) is 6.92 Å². The minimum absolute atomic E-state index is 0.104. The molecule has 0 aromatic carbocycles.